The lowest BCUT2D eigenvalue weighted by Gasteiger charge is -2.07. The third kappa shape index (κ3) is 2.99. The molecule has 0 fully saturated rings. The number of aromatic amines is 1. The summed E-state index contributed by atoms with van der Waals surface area (Å²) >= 11 is 6.28. The number of phenolic OH excluding ortho intramolecular Hbond substituents is 1. The van der Waals surface area contributed by atoms with Crippen LogP contribution in [0.25, 0.3) is 22.4 Å². The Morgan fingerprint density at radius 3 is 2.50 bits per heavy atom. The molecule has 2 aromatic carbocycles. The summed E-state index contributed by atoms with van der Waals surface area (Å²) in [5, 5.41) is 11.0. The first-order chi connectivity index (χ1) is 12.5. The van der Waals surface area contributed by atoms with Crippen LogP contribution in [0.15, 0.2) is 42.7 Å². The molecule has 0 spiro atoms. The first-order valence-electron chi connectivity index (χ1n) is 7.95. The molecule has 0 bridgehead atoms. The minimum atomic E-state index is -0.267. The van der Waals surface area contributed by atoms with E-state index in [1.165, 1.54) is 12.1 Å². The van der Waals surface area contributed by atoms with Crippen molar-refractivity contribution in [1.29, 1.82) is 0 Å². The van der Waals surface area contributed by atoms with E-state index < -0.39 is 0 Å². The molecule has 2 aromatic heterocycles. The second-order valence-corrected chi connectivity index (χ2v) is 6.43. The van der Waals surface area contributed by atoms with Crippen molar-refractivity contribution >= 4 is 22.6 Å². The van der Waals surface area contributed by atoms with Gasteiger partial charge in [-0.25, -0.2) is 19.3 Å². The predicted octanol–water partition coefficient (Wildman–Crippen LogP) is 4.42. The molecular weight excluding hydrogens is 355 g/mol. The summed E-state index contributed by atoms with van der Waals surface area (Å²) in [6, 6.07) is 7.91. The number of aryl methyl sites for hydroxylation is 1. The van der Waals surface area contributed by atoms with Gasteiger partial charge in [-0.15, -0.1) is 0 Å². The maximum absolute atomic E-state index is 13.0. The quantitative estimate of drug-likeness (QED) is 0.561. The highest BCUT2D eigenvalue weighted by Crippen LogP contribution is 2.37. The summed E-state index contributed by atoms with van der Waals surface area (Å²) in [7, 11) is 0. The normalized spacial score (nSPS) is 11.2. The first kappa shape index (κ1) is 16.5. The van der Waals surface area contributed by atoms with Gasteiger partial charge >= 0.3 is 0 Å². The van der Waals surface area contributed by atoms with Crippen LogP contribution in [0.3, 0.4) is 0 Å². The van der Waals surface area contributed by atoms with Crippen molar-refractivity contribution in [3.63, 3.8) is 0 Å². The van der Waals surface area contributed by atoms with Crippen LogP contribution in [-0.2, 0) is 6.42 Å². The number of nitrogens with one attached hydrogen (secondary N) is 1. The van der Waals surface area contributed by atoms with Crippen molar-refractivity contribution in [3.05, 3.63) is 70.5 Å². The maximum Gasteiger partial charge on any atom is 0.163 e. The number of nitrogens with zero attached hydrogens (tertiary/aromatic N) is 3. The minimum Gasteiger partial charge on any atom is -0.505 e. The van der Waals surface area contributed by atoms with E-state index in [2.05, 4.69) is 19.9 Å². The molecule has 0 unspecified atom stereocenters. The van der Waals surface area contributed by atoms with Gasteiger partial charge < -0.3 is 10.1 Å². The number of phenols is 1. The maximum atomic E-state index is 13.0. The predicted molar refractivity (Wildman–Crippen MR) is 97.7 cm³/mol. The average Bonchev–Trinajstić information content (AvgIpc) is 3.04. The molecule has 130 valence electrons. The number of hydrogen-bond donors (Lipinski definition) is 2. The zero-order chi connectivity index (χ0) is 18.3. The Bertz CT molecular complexity index is 1090. The molecule has 0 amide bonds. The number of imidazole rings is 1. The third-order valence-corrected chi connectivity index (χ3v) is 4.38. The van der Waals surface area contributed by atoms with E-state index in [0.29, 0.717) is 39.7 Å². The van der Waals surface area contributed by atoms with Crippen LogP contribution in [0.2, 0.25) is 5.02 Å². The molecule has 5 nitrogen and oxygen atoms in total. The summed E-state index contributed by atoms with van der Waals surface area (Å²) in [5.74, 6) is 0.733. The third-order valence-electron chi connectivity index (χ3n) is 4.08. The van der Waals surface area contributed by atoms with Gasteiger partial charge in [0, 0.05) is 18.8 Å². The number of benzene rings is 2. The van der Waals surface area contributed by atoms with Gasteiger partial charge in [-0.2, -0.15) is 0 Å². The highest BCUT2D eigenvalue weighted by molar-refractivity contribution is 6.35. The molecular formula is C19H14ClFN4O. The van der Waals surface area contributed by atoms with Gasteiger partial charge in [0.15, 0.2) is 11.6 Å². The van der Waals surface area contributed by atoms with E-state index in [0.717, 1.165) is 11.1 Å². The Balaban J connectivity index is 1.67. The van der Waals surface area contributed by atoms with Gasteiger partial charge in [0.25, 0.3) is 0 Å². The summed E-state index contributed by atoms with van der Waals surface area (Å²) < 4.78 is 13.0. The monoisotopic (exact) mass is 368 g/mol. The number of aromatic nitrogens is 4. The van der Waals surface area contributed by atoms with Crippen LogP contribution in [0.4, 0.5) is 4.39 Å². The van der Waals surface area contributed by atoms with Gasteiger partial charge in [-0.1, -0.05) is 23.7 Å². The van der Waals surface area contributed by atoms with E-state index >= 15 is 0 Å². The van der Waals surface area contributed by atoms with Crippen molar-refractivity contribution in [2.75, 3.05) is 0 Å². The molecule has 0 saturated heterocycles. The van der Waals surface area contributed by atoms with Gasteiger partial charge in [0.1, 0.15) is 17.2 Å². The van der Waals surface area contributed by atoms with Crippen LogP contribution in [-0.4, -0.2) is 25.0 Å². The number of fused-ring (bicyclic) bond motifs is 1. The van der Waals surface area contributed by atoms with E-state index in [1.807, 2.05) is 0 Å². The zero-order valence-corrected chi connectivity index (χ0v) is 14.5. The minimum absolute atomic E-state index is 0.0139. The molecule has 0 atom stereocenters. The lowest BCUT2D eigenvalue weighted by atomic mass is 10.1. The standard InChI is InChI=1S/C19H14ClFN4O/c1-10-24-16-15(20)7-14(18(26)17(16)25-10)19-22-8-12(9-23-19)6-11-2-4-13(21)5-3-11/h2-5,7-9,26H,6H2,1H3,(H,24,25). The smallest absolute Gasteiger partial charge is 0.163 e. The lowest BCUT2D eigenvalue weighted by Crippen LogP contribution is -1.95. The molecule has 0 aliphatic carbocycles. The van der Waals surface area contributed by atoms with Crippen molar-refractivity contribution in [1.82, 2.24) is 19.9 Å². The second kappa shape index (κ2) is 6.38. The molecule has 0 radical (unpaired) electrons. The van der Waals surface area contributed by atoms with Crippen molar-refractivity contribution in [2.45, 2.75) is 13.3 Å². The van der Waals surface area contributed by atoms with Crippen LogP contribution < -0.4 is 0 Å². The van der Waals surface area contributed by atoms with Crippen molar-refractivity contribution in [3.8, 4) is 17.1 Å². The van der Waals surface area contributed by atoms with Crippen molar-refractivity contribution < 1.29 is 9.50 Å². The van der Waals surface area contributed by atoms with E-state index in [4.69, 9.17) is 11.6 Å². The SMILES string of the molecule is Cc1nc2c(O)c(-c3ncc(Cc4ccc(F)cc4)cn3)cc(Cl)c2[nH]1. The topological polar surface area (TPSA) is 74.7 Å². The van der Waals surface area contributed by atoms with Gasteiger partial charge in [0.05, 0.1) is 16.1 Å². The lowest BCUT2D eigenvalue weighted by molar-refractivity contribution is 0.482. The molecule has 2 heterocycles. The Labute approximate surface area is 153 Å². The highest BCUT2D eigenvalue weighted by Gasteiger charge is 2.17. The number of halogens is 2. The molecule has 4 rings (SSSR count). The molecule has 7 heteroatoms. The molecule has 0 aliphatic heterocycles. The number of aromatic hydroxyl groups is 1. The molecule has 0 saturated carbocycles. The number of H-pyrrole nitrogens is 1. The van der Waals surface area contributed by atoms with Crippen LogP contribution in [0.5, 0.6) is 5.75 Å². The van der Waals surface area contributed by atoms with Crippen LogP contribution in [0.1, 0.15) is 17.0 Å². The van der Waals surface area contributed by atoms with Gasteiger partial charge in [-0.3, -0.25) is 0 Å². The highest BCUT2D eigenvalue weighted by atomic mass is 35.5. The second-order valence-electron chi connectivity index (χ2n) is 6.02. The van der Waals surface area contributed by atoms with Gasteiger partial charge in [0.2, 0.25) is 0 Å². The average molecular weight is 369 g/mol. The van der Waals surface area contributed by atoms with Gasteiger partial charge in [-0.05, 0) is 36.2 Å². The molecule has 26 heavy (non-hydrogen) atoms. The molecule has 0 aliphatic rings. The Hall–Kier alpha value is -2.99. The fraction of sp³-hybridized carbons (Fsp3) is 0.105. The summed E-state index contributed by atoms with van der Waals surface area (Å²) in [6.45, 7) is 1.79. The molecule has 2 N–H and O–H groups in total. The summed E-state index contributed by atoms with van der Waals surface area (Å²) in [5.41, 5.74) is 3.23. The van der Waals surface area contributed by atoms with Crippen LogP contribution in [0, 0.1) is 12.7 Å². The van der Waals surface area contributed by atoms with E-state index in [1.54, 1.807) is 37.5 Å². The van der Waals surface area contributed by atoms with E-state index in [-0.39, 0.29) is 11.6 Å². The fourth-order valence-corrected chi connectivity index (χ4v) is 3.07. The van der Waals surface area contributed by atoms with E-state index in [9.17, 15) is 9.50 Å². The Kier molecular flexibility index (Phi) is 4.05. The number of hydrogen-bond acceptors (Lipinski definition) is 4. The van der Waals surface area contributed by atoms with Crippen molar-refractivity contribution in [2.24, 2.45) is 0 Å². The first-order valence-corrected chi connectivity index (χ1v) is 8.32. The van der Waals surface area contributed by atoms with Crippen LogP contribution >= 0.6 is 11.6 Å². The fourth-order valence-electron chi connectivity index (χ4n) is 2.82. The zero-order valence-electron chi connectivity index (χ0n) is 13.8. The largest absolute Gasteiger partial charge is 0.505 e. The summed E-state index contributed by atoms with van der Waals surface area (Å²) in [4.78, 5) is 16.0. The molecule has 4 aromatic rings. The number of rotatable bonds is 3. The summed E-state index contributed by atoms with van der Waals surface area (Å²) in [6.07, 6.45) is 3.95. The Morgan fingerprint density at radius 2 is 1.81 bits per heavy atom. The Morgan fingerprint density at radius 1 is 1.12 bits per heavy atom.